The third kappa shape index (κ3) is 3.18. The highest BCUT2D eigenvalue weighted by atomic mass is 16.5. The van der Waals surface area contributed by atoms with Crippen LogP contribution in [0.5, 0.6) is 0 Å². The van der Waals surface area contributed by atoms with Gasteiger partial charge in [-0.15, -0.1) is 0 Å². The predicted molar refractivity (Wildman–Crippen MR) is 77.3 cm³/mol. The van der Waals surface area contributed by atoms with Gasteiger partial charge in [-0.2, -0.15) is 0 Å². The van der Waals surface area contributed by atoms with Gasteiger partial charge in [-0.05, 0) is 12.8 Å². The number of methoxy groups -OCH3 is 1. The lowest BCUT2D eigenvalue weighted by Crippen LogP contribution is -2.46. The highest BCUT2D eigenvalue weighted by Gasteiger charge is 2.33. The third-order valence-corrected chi connectivity index (χ3v) is 3.79. The van der Waals surface area contributed by atoms with Crippen molar-refractivity contribution in [2.75, 3.05) is 12.8 Å². The van der Waals surface area contributed by atoms with Crippen LogP contribution in [-0.2, 0) is 9.53 Å². The first kappa shape index (κ1) is 15.8. The number of carbonyl (C=O) groups is 2. The van der Waals surface area contributed by atoms with Gasteiger partial charge in [0.1, 0.15) is 11.4 Å². The van der Waals surface area contributed by atoms with Crippen LogP contribution in [0.4, 0.5) is 5.69 Å². The number of carbonyl (C=O) groups excluding carboxylic acids is 2. The highest BCUT2D eigenvalue weighted by molar-refractivity contribution is 5.97. The van der Waals surface area contributed by atoms with Crippen molar-refractivity contribution >= 4 is 17.6 Å². The fourth-order valence-corrected chi connectivity index (χ4v) is 2.65. The van der Waals surface area contributed by atoms with Crippen molar-refractivity contribution < 1.29 is 14.3 Å². The summed E-state index contributed by atoms with van der Waals surface area (Å²) in [6.07, 6.45) is 2.95. The molecule has 2 rings (SSSR count). The summed E-state index contributed by atoms with van der Waals surface area (Å²) in [4.78, 5) is 50.8. The van der Waals surface area contributed by atoms with Crippen molar-refractivity contribution in [3.63, 3.8) is 0 Å². The second kappa shape index (κ2) is 6.46. The molecule has 120 valence electrons. The Labute approximate surface area is 125 Å². The Morgan fingerprint density at radius 3 is 2.59 bits per heavy atom. The van der Waals surface area contributed by atoms with E-state index in [1.54, 1.807) is 0 Å². The second-order valence-corrected chi connectivity index (χ2v) is 5.19. The lowest BCUT2D eigenvalue weighted by molar-refractivity contribution is -0.147. The van der Waals surface area contributed by atoms with Crippen molar-refractivity contribution in [1.29, 1.82) is 0 Å². The average molecular weight is 310 g/mol. The molecule has 2 atom stereocenters. The number of rotatable bonds is 3. The zero-order valence-electron chi connectivity index (χ0n) is 12.1. The van der Waals surface area contributed by atoms with Crippen LogP contribution in [0, 0.1) is 5.92 Å². The van der Waals surface area contributed by atoms with Gasteiger partial charge in [0.15, 0.2) is 0 Å². The topological polar surface area (TPSA) is 147 Å². The van der Waals surface area contributed by atoms with Crippen LogP contribution in [0.1, 0.15) is 36.2 Å². The summed E-state index contributed by atoms with van der Waals surface area (Å²) in [6.45, 7) is 0. The molecule has 22 heavy (non-hydrogen) atoms. The van der Waals surface area contributed by atoms with Crippen molar-refractivity contribution in [1.82, 2.24) is 15.3 Å². The molecule has 0 bridgehead atoms. The first-order valence-corrected chi connectivity index (χ1v) is 6.94. The summed E-state index contributed by atoms with van der Waals surface area (Å²) in [5, 5.41) is 2.65. The molecule has 0 aromatic carbocycles. The van der Waals surface area contributed by atoms with E-state index in [1.165, 1.54) is 7.11 Å². The number of aromatic amines is 2. The summed E-state index contributed by atoms with van der Waals surface area (Å²) < 4.78 is 4.74. The van der Waals surface area contributed by atoms with Crippen molar-refractivity contribution in [2.24, 2.45) is 5.92 Å². The molecule has 1 saturated carbocycles. The lowest BCUT2D eigenvalue weighted by atomic mass is 9.84. The van der Waals surface area contributed by atoms with Gasteiger partial charge in [0.25, 0.3) is 11.5 Å². The summed E-state index contributed by atoms with van der Waals surface area (Å²) in [5.41, 5.74) is 3.18. The number of amides is 1. The average Bonchev–Trinajstić information content (AvgIpc) is 2.50. The van der Waals surface area contributed by atoms with E-state index in [2.05, 4.69) is 10.3 Å². The van der Waals surface area contributed by atoms with Gasteiger partial charge in [0.05, 0.1) is 13.0 Å². The minimum Gasteiger partial charge on any atom is -0.469 e. The van der Waals surface area contributed by atoms with Crippen LogP contribution >= 0.6 is 0 Å². The third-order valence-electron chi connectivity index (χ3n) is 3.79. The fourth-order valence-electron chi connectivity index (χ4n) is 2.65. The van der Waals surface area contributed by atoms with E-state index in [9.17, 15) is 19.2 Å². The zero-order chi connectivity index (χ0) is 16.3. The molecule has 9 heteroatoms. The zero-order valence-corrected chi connectivity index (χ0v) is 12.1. The van der Waals surface area contributed by atoms with Crippen LogP contribution in [-0.4, -0.2) is 35.0 Å². The molecule has 1 aliphatic rings. The number of H-pyrrole nitrogens is 2. The molecule has 2 unspecified atom stereocenters. The Kier molecular flexibility index (Phi) is 4.64. The molecule has 0 saturated heterocycles. The Bertz CT molecular complexity index is 692. The van der Waals surface area contributed by atoms with Crippen LogP contribution in [0.3, 0.4) is 0 Å². The van der Waals surface area contributed by atoms with Crippen molar-refractivity contribution in [3.8, 4) is 0 Å². The van der Waals surface area contributed by atoms with Gasteiger partial charge in [-0.3, -0.25) is 19.4 Å². The van der Waals surface area contributed by atoms with E-state index in [1.807, 2.05) is 4.98 Å². The molecular formula is C13H18N4O5. The molecule has 0 radical (unpaired) electrons. The van der Waals surface area contributed by atoms with Gasteiger partial charge >= 0.3 is 11.7 Å². The maximum atomic E-state index is 12.2. The van der Waals surface area contributed by atoms with Crippen molar-refractivity contribution in [3.05, 3.63) is 26.5 Å². The Morgan fingerprint density at radius 2 is 1.91 bits per heavy atom. The quantitative estimate of drug-likeness (QED) is 0.532. The number of ether oxygens (including phenoxy) is 1. The maximum absolute atomic E-state index is 12.2. The first-order valence-electron chi connectivity index (χ1n) is 6.94. The molecule has 1 heterocycles. The SMILES string of the molecule is COC(=O)C1CCCCC1NC(=O)c1[nH]c(=O)[nH]c(=O)c1N. The Balaban J connectivity index is 2.22. The number of esters is 1. The van der Waals surface area contributed by atoms with Crippen LogP contribution in [0.2, 0.25) is 0 Å². The highest BCUT2D eigenvalue weighted by Crippen LogP contribution is 2.25. The summed E-state index contributed by atoms with van der Waals surface area (Å²) in [5.74, 6) is -1.53. The van der Waals surface area contributed by atoms with Gasteiger partial charge in [-0.1, -0.05) is 12.8 Å². The molecule has 5 N–H and O–H groups in total. The number of nitrogens with one attached hydrogen (secondary N) is 3. The van der Waals surface area contributed by atoms with E-state index in [0.29, 0.717) is 12.8 Å². The van der Waals surface area contributed by atoms with E-state index in [4.69, 9.17) is 10.5 Å². The minimum absolute atomic E-state index is 0.303. The number of hydrogen-bond acceptors (Lipinski definition) is 6. The van der Waals surface area contributed by atoms with Crippen LogP contribution in [0.15, 0.2) is 9.59 Å². The molecule has 1 fully saturated rings. The van der Waals surface area contributed by atoms with Gasteiger partial charge in [0.2, 0.25) is 0 Å². The van der Waals surface area contributed by atoms with Crippen molar-refractivity contribution in [2.45, 2.75) is 31.7 Å². The summed E-state index contributed by atoms with van der Waals surface area (Å²) in [6, 6.07) is -0.420. The van der Waals surface area contributed by atoms with Gasteiger partial charge < -0.3 is 20.8 Å². The molecule has 1 amide bonds. The van der Waals surface area contributed by atoms with E-state index >= 15 is 0 Å². The van der Waals surface area contributed by atoms with Gasteiger partial charge in [-0.25, -0.2) is 4.79 Å². The summed E-state index contributed by atoms with van der Waals surface area (Å²) >= 11 is 0. The smallest absolute Gasteiger partial charge is 0.326 e. The molecule has 1 aliphatic carbocycles. The largest absolute Gasteiger partial charge is 0.469 e. The van der Waals surface area contributed by atoms with E-state index in [-0.39, 0.29) is 11.4 Å². The number of hydrogen-bond donors (Lipinski definition) is 4. The van der Waals surface area contributed by atoms with E-state index in [0.717, 1.165) is 12.8 Å². The first-order chi connectivity index (χ1) is 10.4. The summed E-state index contributed by atoms with van der Waals surface area (Å²) in [7, 11) is 1.29. The molecular weight excluding hydrogens is 292 g/mol. The Hall–Kier alpha value is -2.58. The standard InChI is InChI=1S/C13H18N4O5/c1-22-12(20)6-4-2-3-5-7(6)15-11(19)9-8(14)10(18)17-13(21)16-9/h6-7H,2-5,14H2,1H3,(H,15,19)(H2,16,17,18,21). The number of nitrogen functional groups attached to an aromatic ring is 1. The Morgan fingerprint density at radius 1 is 1.23 bits per heavy atom. The maximum Gasteiger partial charge on any atom is 0.326 e. The minimum atomic E-state index is -0.831. The predicted octanol–water partition coefficient (Wildman–Crippen LogP) is -0.893. The fraction of sp³-hybridized carbons (Fsp3) is 0.538. The lowest BCUT2D eigenvalue weighted by Gasteiger charge is -2.30. The molecule has 0 spiro atoms. The molecule has 1 aromatic rings. The number of aromatic nitrogens is 2. The van der Waals surface area contributed by atoms with Crippen LogP contribution < -0.4 is 22.3 Å². The van der Waals surface area contributed by atoms with E-state index < -0.39 is 35.1 Å². The molecule has 0 aliphatic heterocycles. The number of nitrogens with two attached hydrogens (primary N) is 1. The van der Waals surface area contributed by atoms with Gasteiger partial charge in [0, 0.05) is 6.04 Å². The monoisotopic (exact) mass is 310 g/mol. The second-order valence-electron chi connectivity index (χ2n) is 5.19. The molecule has 1 aromatic heterocycles. The van der Waals surface area contributed by atoms with Crippen LogP contribution in [0.25, 0.3) is 0 Å². The normalized spacial score (nSPS) is 21.1. The number of anilines is 1. The molecule has 9 nitrogen and oxygen atoms in total.